The Balaban J connectivity index is 1.49. The Labute approximate surface area is 163 Å². The Bertz CT molecular complexity index is 919. The number of aryl methyl sites for hydroxylation is 1. The average Bonchev–Trinajstić information content (AvgIpc) is 2.97. The quantitative estimate of drug-likeness (QED) is 0.766. The average molecular weight is 382 g/mol. The summed E-state index contributed by atoms with van der Waals surface area (Å²) in [5.74, 6) is -0.826. The summed E-state index contributed by atoms with van der Waals surface area (Å²) in [6.07, 6.45) is 3.56. The van der Waals surface area contributed by atoms with Crippen LogP contribution in [0.25, 0.3) is 0 Å². The molecule has 2 fully saturated rings. The van der Waals surface area contributed by atoms with Crippen LogP contribution in [0.1, 0.15) is 41.0 Å². The number of halogens is 1. The lowest BCUT2D eigenvalue weighted by molar-refractivity contribution is -0.138. The molecule has 0 bridgehead atoms. The number of carbonyl (C=O) groups excluding carboxylic acids is 2. The molecule has 6 nitrogen and oxygen atoms in total. The zero-order valence-electron chi connectivity index (χ0n) is 15.9. The maximum atomic E-state index is 13.4. The number of pyridine rings is 2. The third kappa shape index (κ3) is 3.48. The Morgan fingerprint density at radius 1 is 1.25 bits per heavy atom. The maximum Gasteiger partial charge on any atom is 0.254 e. The van der Waals surface area contributed by atoms with E-state index in [1.807, 2.05) is 30.0 Å². The minimum absolute atomic E-state index is 0.0919. The van der Waals surface area contributed by atoms with Crippen molar-refractivity contribution in [2.75, 3.05) is 19.6 Å². The van der Waals surface area contributed by atoms with Gasteiger partial charge in [0.15, 0.2) is 0 Å². The summed E-state index contributed by atoms with van der Waals surface area (Å²) in [6, 6.07) is 8.47. The second-order valence-electron chi connectivity index (χ2n) is 7.72. The fourth-order valence-electron chi connectivity index (χ4n) is 4.33. The third-order valence-electron chi connectivity index (χ3n) is 5.74. The molecule has 2 aliphatic heterocycles. The van der Waals surface area contributed by atoms with Crippen molar-refractivity contribution in [3.8, 4) is 0 Å². The molecular weight excluding hydrogens is 359 g/mol. The Kier molecular flexibility index (Phi) is 4.83. The molecule has 1 atom stereocenters. The topological polar surface area (TPSA) is 66.4 Å². The maximum absolute atomic E-state index is 13.4. The van der Waals surface area contributed by atoms with E-state index in [9.17, 15) is 14.0 Å². The highest BCUT2D eigenvalue weighted by atomic mass is 19.1. The number of likely N-dealkylation sites (tertiary alicyclic amines) is 2. The van der Waals surface area contributed by atoms with Gasteiger partial charge in [0.2, 0.25) is 11.9 Å². The zero-order chi connectivity index (χ0) is 19.7. The van der Waals surface area contributed by atoms with Gasteiger partial charge < -0.3 is 9.80 Å². The normalized spacial score (nSPS) is 22.1. The van der Waals surface area contributed by atoms with E-state index >= 15 is 0 Å². The van der Waals surface area contributed by atoms with Crippen LogP contribution in [0, 0.1) is 18.3 Å². The van der Waals surface area contributed by atoms with Crippen molar-refractivity contribution in [1.29, 1.82) is 0 Å². The number of hydrogen-bond donors (Lipinski definition) is 0. The van der Waals surface area contributed by atoms with Crippen LogP contribution in [-0.4, -0.2) is 51.2 Å². The number of aromatic nitrogens is 2. The molecular formula is C21H23FN4O2. The smallest absolute Gasteiger partial charge is 0.254 e. The van der Waals surface area contributed by atoms with E-state index in [-0.39, 0.29) is 17.4 Å². The van der Waals surface area contributed by atoms with E-state index in [1.165, 1.54) is 12.3 Å². The van der Waals surface area contributed by atoms with Gasteiger partial charge in [-0.25, -0.2) is 4.98 Å². The summed E-state index contributed by atoms with van der Waals surface area (Å²) in [6.45, 7) is 4.05. The van der Waals surface area contributed by atoms with Gasteiger partial charge in [-0.15, -0.1) is 0 Å². The first-order chi connectivity index (χ1) is 13.5. The summed E-state index contributed by atoms with van der Waals surface area (Å²) in [5.41, 5.74) is 1.54. The Hall–Kier alpha value is -2.83. The van der Waals surface area contributed by atoms with Crippen molar-refractivity contribution in [3.05, 3.63) is 59.4 Å². The number of carbonyl (C=O) groups is 2. The molecule has 4 rings (SSSR count). The van der Waals surface area contributed by atoms with E-state index in [0.717, 1.165) is 36.7 Å². The molecule has 2 aliphatic rings. The third-order valence-corrected chi connectivity index (χ3v) is 5.74. The minimum Gasteiger partial charge on any atom is -0.338 e. The highest BCUT2D eigenvalue weighted by molar-refractivity contribution is 5.95. The van der Waals surface area contributed by atoms with Crippen molar-refractivity contribution in [3.63, 3.8) is 0 Å². The largest absolute Gasteiger partial charge is 0.338 e. The summed E-state index contributed by atoms with van der Waals surface area (Å²) in [4.78, 5) is 37.6. The first-order valence-corrected chi connectivity index (χ1v) is 9.60. The Morgan fingerprint density at radius 3 is 2.89 bits per heavy atom. The van der Waals surface area contributed by atoms with Crippen LogP contribution in [0.3, 0.4) is 0 Å². The van der Waals surface area contributed by atoms with Gasteiger partial charge in [0.05, 0.1) is 17.7 Å². The number of nitrogens with zero attached hydrogens (tertiary/aromatic N) is 4. The highest BCUT2D eigenvalue weighted by Crippen LogP contribution is 2.41. The van der Waals surface area contributed by atoms with E-state index in [1.54, 1.807) is 4.90 Å². The van der Waals surface area contributed by atoms with Gasteiger partial charge in [-0.2, -0.15) is 4.39 Å². The van der Waals surface area contributed by atoms with E-state index in [0.29, 0.717) is 26.2 Å². The van der Waals surface area contributed by atoms with Gasteiger partial charge in [0.1, 0.15) is 0 Å². The van der Waals surface area contributed by atoms with Crippen LogP contribution < -0.4 is 0 Å². The molecule has 4 heterocycles. The summed E-state index contributed by atoms with van der Waals surface area (Å²) in [5, 5.41) is 0. The number of amides is 2. The molecule has 2 aromatic heterocycles. The SMILES string of the molecule is Cc1cccc(CN2CCC3(CCCN(C(=O)c4ccnc(F)c4)C3)C2=O)n1. The van der Waals surface area contributed by atoms with Gasteiger partial charge >= 0.3 is 0 Å². The van der Waals surface area contributed by atoms with Crippen LogP contribution in [0.5, 0.6) is 0 Å². The monoisotopic (exact) mass is 382 g/mol. The fraction of sp³-hybridized carbons (Fsp3) is 0.429. The lowest BCUT2D eigenvalue weighted by atomic mass is 9.78. The van der Waals surface area contributed by atoms with Gasteiger partial charge in [-0.3, -0.25) is 14.6 Å². The van der Waals surface area contributed by atoms with Gasteiger partial charge in [0, 0.05) is 43.2 Å². The first kappa shape index (κ1) is 18.5. The molecule has 0 radical (unpaired) electrons. The zero-order valence-corrected chi connectivity index (χ0v) is 15.9. The Morgan fingerprint density at radius 2 is 2.11 bits per heavy atom. The van der Waals surface area contributed by atoms with Gasteiger partial charge in [-0.05, 0) is 44.4 Å². The van der Waals surface area contributed by atoms with Crippen molar-refractivity contribution < 1.29 is 14.0 Å². The molecule has 0 aromatic carbocycles. The minimum atomic E-state index is -0.675. The van der Waals surface area contributed by atoms with Crippen LogP contribution in [0.15, 0.2) is 36.5 Å². The molecule has 7 heteroatoms. The summed E-state index contributed by atoms with van der Waals surface area (Å²) in [7, 11) is 0. The van der Waals surface area contributed by atoms with Crippen LogP contribution in [0.4, 0.5) is 4.39 Å². The second kappa shape index (κ2) is 7.30. The van der Waals surface area contributed by atoms with E-state index in [2.05, 4.69) is 9.97 Å². The second-order valence-corrected chi connectivity index (χ2v) is 7.72. The molecule has 0 saturated carbocycles. The predicted octanol–water partition coefficient (Wildman–Crippen LogP) is 2.58. The highest BCUT2D eigenvalue weighted by Gasteiger charge is 2.49. The van der Waals surface area contributed by atoms with Gasteiger partial charge in [-0.1, -0.05) is 6.07 Å². The predicted molar refractivity (Wildman–Crippen MR) is 101 cm³/mol. The summed E-state index contributed by atoms with van der Waals surface area (Å²) >= 11 is 0. The molecule has 2 amide bonds. The molecule has 2 aromatic rings. The van der Waals surface area contributed by atoms with Crippen molar-refractivity contribution in [1.82, 2.24) is 19.8 Å². The van der Waals surface area contributed by atoms with Crippen molar-refractivity contribution >= 4 is 11.8 Å². The molecule has 0 aliphatic carbocycles. The first-order valence-electron chi connectivity index (χ1n) is 9.60. The molecule has 1 spiro atoms. The molecule has 0 N–H and O–H groups in total. The lowest BCUT2D eigenvalue weighted by Crippen LogP contribution is -2.49. The van der Waals surface area contributed by atoms with Gasteiger partial charge in [0.25, 0.3) is 5.91 Å². The summed E-state index contributed by atoms with van der Waals surface area (Å²) < 4.78 is 13.4. The van der Waals surface area contributed by atoms with Crippen LogP contribution in [-0.2, 0) is 11.3 Å². The molecule has 146 valence electrons. The molecule has 1 unspecified atom stereocenters. The van der Waals surface area contributed by atoms with Crippen molar-refractivity contribution in [2.24, 2.45) is 5.41 Å². The number of piperidine rings is 1. The van der Waals surface area contributed by atoms with E-state index < -0.39 is 11.4 Å². The molecule has 28 heavy (non-hydrogen) atoms. The molecule has 2 saturated heterocycles. The standard InChI is InChI=1S/C21H23FN4O2/c1-15-4-2-5-17(24-15)13-25-11-8-21(20(25)28)7-3-10-26(14-21)19(27)16-6-9-23-18(22)12-16/h2,4-6,9,12H,3,7-8,10-11,13-14H2,1H3. The number of rotatable bonds is 3. The van der Waals surface area contributed by atoms with Crippen molar-refractivity contribution in [2.45, 2.75) is 32.7 Å². The van der Waals surface area contributed by atoms with Crippen LogP contribution in [0.2, 0.25) is 0 Å². The lowest BCUT2D eigenvalue weighted by Gasteiger charge is -2.39. The van der Waals surface area contributed by atoms with Crippen LogP contribution >= 0.6 is 0 Å². The van der Waals surface area contributed by atoms with E-state index in [4.69, 9.17) is 0 Å². The fourth-order valence-corrected chi connectivity index (χ4v) is 4.33. The number of hydrogen-bond acceptors (Lipinski definition) is 4.